The quantitative estimate of drug-likeness (QED) is 0.574. The Hall–Kier alpha value is -3.15. The SMILES string of the molecule is CCOC(=O)C(C)C[C@@H](Cc1ccc(-c2ccccc2)cc1)NC(=O)CCC(=O)[O-]. The van der Waals surface area contributed by atoms with Crippen LogP contribution in [0, 0.1) is 5.92 Å². The molecule has 160 valence electrons. The standard InChI is InChI=1S/C24H29NO5/c1-3-30-24(29)17(2)15-21(25-22(26)13-14-23(27)28)16-18-9-11-20(12-10-18)19-7-5-4-6-8-19/h4-12,17,21H,3,13-16H2,1-2H3,(H,25,26)(H,27,28)/p-1/t17?,21-/m0/s1. The third-order valence-corrected chi connectivity index (χ3v) is 4.79. The van der Waals surface area contributed by atoms with Crippen molar-refractivity contribution in [3.05, 3.63) is 60.2 Å². The van der Waals surface area contributed by atoms with Crippen molar-refractivity contribution >= 4 is 17.8 Å². The summed E-state index contributed by atoms with van der Waals surface area (Å²) in [4.78, 5) is 34.8. The molecule has 2 aromatic rings. The molecule has 0 saturated heterocycles. The predicted molar refractivity (Wildman–Crippen MR) is 112 cm³/mol. The molecule has 0 bridgehead atoms. The van der Waals surface area contributed by atoms with Gasteiger partial charge in [0.15, 0.2) is 0 Å². The highest BCUT2D eigenvalue weighted by Crippen LogP contribution is 2.21. The molecule has 1 unspecified atom stereocenters. The normalized spacial score (nSPS) is 12.6. The van der Waals surface area contributed by atoms with E-state index in [4.69, 9.17) is 4.74 Å². The molecule has 0 spiro atoms. The van der Waals surface area contributed by atoms with E-state index < -0.39 is 5.97 Å². The highest BCUT2D eigenvalue weighted by atomic mass is 16.5. The Morgan fingerprint density at radius 2 is 1.60 bits per heavy atom. The number of esters is 1. The number of carboxylic acids is 1. The lowest BCUT2D eigenvalue weighted by Gasteiger charge is -2.22. The van der Waals surface area contributed by atoms with Crippen molar-refractivity contribution in [1.29, 1.82) is 0 Å². The topological polar surface area (TPSA) is 95.5 Å². The van der Waals surface area contributed by atoms with Crippen LogP contribution in [0.25, 0.3) is 11.1 Å². The van der Waals surface area contributed by atoms with E-state index in [2.05, 4.69) is 5.32 Å². The van der Waals surface area contributed by atoms with Gasteiger partial charge in [0.25, 0.3) is 0 Å². The molecule has 0 aliphatic rings. The molecule has 30 heavy (non-hydrogen) atoms. The number of hydrogen-bond donors (Lipinski definition) is 1. The van der Waals surface area contributed by atoms with Crippen LogP contribution in [0.15, 0.2) is 54.6 Å². The lowest BCUT2D eigenvalue weighted by molar-refractivity contribution is -0.305. The maximum atomic E-state index is 12.1. The summed E-state index contributed by atoms with van der Waals surface area (Å²) in [5.41, 5.74) is 3.22. The van der Waals surface area contributed by atoms with Gasteiger partial charge in [-0.15, -0.1) is 0 Å². The van der Waals surface area contributed by atoms with Gasteiger partial charge >= 0.3 is 5.97 Å². The van der Waals surface area contributed by atoms with E-state index in [0.717, 1.165) is 16.7 Å². The fraction of sp³-hybridized carbons (Fsp3) is 0.375. The van der Waals surface area contributed by atoms with Crippen LogP contribution in [0.5, 0.6) is 0 Å². The van der Waals surface area contributed by atoms with E-state index in [1.54, 1.807) is 13.8 Å². The van der Waals surface area contributed by atoms with Gasteiger partial charge in [0.05, 0.1) is 12.5 Å². The Morgan fingerprint density at radius 3 is 2.20 bits per heavy atom. The van der Waals surface area contributed by atoms with Crippen molar-refractivity contribution in [2.75, 3.05) is 6.61 Å². The van der Waals surface area contributed by atoms with Crippen LogP contribution in [0.4, 0.5) is 0 Å². The zero-order chi connectivity index (χ0) is 21.9. The molecule has 6 nitrogen and oxygen atoms in total. The van der Waals surface area contributed by atoms with E-state index in [9.17, 15) is 19.5 Å². The summed E-state index contributed by atoms with van der Waals surface area (Å²) in [6.07, 6.45) is 0.434. The molecule has 0 radical (unpaired) electrons. The number of carboxylic acid groups (broad SMARTS) is 1. The second kappa shape index (κ2) is 11.8. The summed E-state index contributed by atoms with van der Waals surface area (Å²) in [7, 11) is 0. The summed E-state index contributed by atoms with van der Waals surface area (Å²) >= 11 is 0. The van der Waals surface area contributed by atoms with Crippen LogP contribution in [-0.4, -0.2) is 30.5 Å². The van der Waals surface area contributed by atoms with E-state index >= 15 is 0 Å². The maximum absolute atomic E-state index is 12.1. The average Bonchev–Trinajstić information content (AvgIpc) is 2.73. The monoisotopic (exact) mass is 410 g/mol. The number of rotatable bonds is 11. The van der Waals surface area contributed by atoms with Crippen LogP contribution in [0.2, 0.25) is 0 Å². The predicted octanol–water partition coefficient (Wildman–Crippen LogP) is 2.50. The molecule has 0 aromatic heterocycles. The third-order valence-electron chi connectivity index (χ3n) is 4.79. The first kappa shape index (κ1) is 23.1. The van der Waals surface area contributed by atoms with Gasteiger partial charge in [0.1, 0.15) is 0 Å². The van der Waals surface area contributed by atoms with Crippen molar-refractivity contribution in [3.63, 3.8) is 0 Å². The lowest BCUT2D eigenvalue weighted by atomic mass is 9.94. The van der Waals surface area contributed by atoms with Crippen LogP contribution in [0.3, 0.4) is 0 Å². The molecule has 2 atom stereocenters. The van der Waals surface area contributed by atoms with Crippen molar-refractivity contribution < 1.29 is 24.2 Å². The number of ether oxygens (including phenoxy) is 1. The first-order valence-corrected chi connectivity index (χ1v) is 10.2. The van der Waals surface area contributed by atoms with Crippen molar-refractivity contribution in [3.8, 4) is 11.1 Å². The summed E-state index contributed by atoms with van der Waals surface area (Å²) in [5.74, 6) is -2.34. The smallest absolute Gasteiger partial charge is 0.308 e. The van der Waals surface area contributed by atoms with Crippen LogP contribution >= 0.6 is 0 Å². The second-order valence-electron chi connectivity index (χ2n) is 7.29. The Bertz CT molecular complexity index is 832. The number of aliphatic carboxylic acids is 1. The molecular weight excluding hydrogens is 382 g/mol. The number of amides is 1. The summed E-state index contributed by atoms with van der Waals surface area (Å²) in [5, 5.41) is 13.5. The summed E-state index contributed by atoms with van der Waals surface area (Å²) < 4.78 is 5.07. The molecule has 0 heterocycles. The zero-order valence-electron chi connectivity index (χ0n) is 17.4. The van der Waals surface area contributed by atoms with Crippen molar-refractivity contribution in [2.24, 2.45) is 5.92 Å². The highest BCUT2D eigenvalue weighted by molar-refractivity contribution is 5.80. The largest absolute Gasteiger partial charge is 0.550 e. The molecule has 2 aromatic carbocycles. The van der Waals surface area contributed by atoms with Gasteiger partial charge in [-0.25, -0.2) is 0 Å². The fourth-order valence-corrected chi connectivity index (χ4v) is 3.26. The van der Waals surface area contributed by atoms with Crippen LogP contribution in [0.1, 0.15) is 38.7 Å². The molecule has 0 aliphatic heterocycles. The second-order valence-corrected chi connectivity index (χ2v) is 7.29. The zero-order valence-corrected chi connectivity index (χ0v) is 17.4. The van der Waals surface area contributed by atoms with E-state index in [1.165, 1.54) is 0 Å². The minimum Gasteiger partial charge on any atom is -0.550 e. The Balaban J connectivity index is 2.07. The first-order chi connectivity index (χ1) is 14.4. The van der Waals surface area contributed by atoms with Crippen LogP contribution in [-0.2, 0) is 25.5 Å². The van der Waals surface area contributed by atoms with Gasteiger partial charge in [0.2, 0.25) is 5.91 Å². The number of hydrogen-bond acceptors (Lipinski definition) is 5. The van der Waals surface area contributed by atoms with Crippen LogP contribution < -0.4 is 10.4 Å². The molecule has 0 saturated carbocycles. The Morgan fingerprint density at radius 1 is 0.967 bits per heavy atom. The lowest BCUT2D eigenvalue weighted by Crippen LogP contribution is -2.39. The number of nitrogens with one attached hydrogen (secondary N) is 1. The molecule has 1 amide bonds. The number of carbonyl (C=O) groups is 3. The van der Waals surface area contributed by atoms with Gasteiger partial charge in [-0.1, -0.05) is 61.5 Å². The number of benzene rings is 2. The summed E-state index contributed by atoms with van der Waals surface area (Å²) in [6.45, 7) is 3.81. The van der Waals surface area contributed by atoms with Gasteiger partial charge in [-0.3, -0.25) is 9.59 Å². The minimum atomic E-state index is -1.27. The minimum absolute atomic E-state index is 0.153. The van der Waals surface area contributed by atoms with Gasteiger partial charge < -0.3 is 20.0 Å². The molecule has 6 heteroatoms. The Kier molecular flexibility index (Phi) is 9.06. The van der Waals surface area contributed by atoms with Gasteiger partial charge in [0, 0.05) is 18.4 Å². The van der Waals surface area contributed by atoms with Crippen molar-refractivity contribution in [2.45, 2.75) is 45.6 Å². The van der Waals surface area contributed by atoms with Crippen molar-refractivity contribution in [1.82, 2.24) is 5.32 Å². The molecule has 0 fully saturated rings. The van der Waals surface area contributed by atoms with E-state index in [1.807, 2.05) is 54.6 Å². The highest BCUT2D eigenvalue weighted by Gasteiger charge is 2.22. The molecule has 1 N–H and O–H groups in total. The van der Waals surface area contributed by atoms with Gasteiger partial charge in [-0.05, 0) is 42.9 Å². The maximum Gasteiger partial charge on any atom is 0.308 e. The number of carbonyl (C=O) groups excluding carboxylic acids is 3. The van der Waals surface area contributed by atoms with E-state index in [0.29, 0.717) is 19.4 Å². The van der Waals surface area contributed by atoms with E-state index in [-0.39, 0.29) is 36.7 Å². The third kappa shape index (κ3) is 7.70. The molecular formula is C24H28NO5-. The summed E-state index contributed by atoms with van der Waals surface area (Å²) in [6, 6.07) is 17.7. The molecule has 0 aliphatic carbocycles. The Labute approximate surface area is 177 Å². The average molecular weight is 410 g/mol. The molecule has 2 rings (SSSR count). The van der Waals surface area contributed by atoms with Gasteiger partial charge in [-0.2, -0.15) is 0 Å². The fourth-order valence-electron chi connectivity index (χ4n) is 3.26. The first-order valence-electron chi connectivity index (χ1n) is 10.2.